The molecule has 1 unspecified atom stereocenters. The molecule has 6 amide bonds. The highest BCUT2D eigenvalue weighted by Gasteiger charge is 2.51. The number of carbonyl (C=O) groups is 4. The van der Waals surface area contributed by atoms with Crippen molar-refractivity contribution in [1.82, 2.24) is 15.5 Å². The molecule has 1 aliphatic rings. The number of methoxy groups -OCH3 is 1. The molecule has 3 rings (SSSR count). The van der Waals surface area contributed by atoms with Crippen LogP contribution in [0.4, 0.5) is 19.7 Å². The lowest BCUT2D eigenvalue weighted by atomic mass is 9.87. The summed E-state index contributed by atoms with van der Waals surface area (Å²) in [7, 11) is 1.51. The zero-order chi connectivity index (χ0) is 22.6. The average molecular weight is 428 g/mol. The van der Waals surface area contributed by atoms with Gasteiger partial charge < -0.3 is 15.4 Å². The fraction of sp³-hybridized carbons (Fsp3) is 0.238. The Morgan fingerprint density at radius 3 is 2.42 bits per heavy atom. The van der Waals surface area contributed by atoms with Crippen molar-refractivity contribution in [2.75, 3.05) is 19.0 Å². The Morgan fingerprint density at radius 1 is 1.13 bits per heavy atom. The molecule has 0 saturated carbocycles. The number of nitrogens with one attached hydrogen (secondary N) is 3. The number of rotatable bonds is 6. The zero-order valence-electron chi connectivity index (χ0n) is 16.9. The summed E-state index contributed by atoms with van der Waals surface area (Å²) in [6.07, 6.45) is 0.246. The van der Waals surface area contributed by atoms with E-state index in [0.29, 0.717) is 11.3 Å². The molecule has 3 N–H and O–H groups in total. The summed E-state index contributed by atoms with van der Waals surface area (Å²) >= 11 is 0. The van der Waals surface area contributed by atoms with E-state index >= 15 is 0 Å². The van der Waals surface area contributed by atoms with Gasteiger partial charge in [-0.3, -0.25) is 19.8 Å². The van der Waals surface area contributed by atoms with Gasteiger partial charge in [-0.15, -0.1) is 0 Å². The number of amides is 6. The number of imide groups is 2. The van der Waals surface area contributed by atoms with Gasteiger partial charge in [0.1, 0.15) is 23.7 Å². The number of nitrogens with zero attached hydrogens (tertiary/aromatic N) is 1. The number of urea groups is 2. The first-order valence-corrected chi connectivity index (χ1v) is 9.44. The molecule has 0 spiro atoms. The molecule has 31 heavy (non-hydrogen) atoms. The van der Waals surface area contributed by atoms with Crippen molar-refractivity contribution in [1.29, 1.82) is 0 Å². The predicted octanol–water partition coefficient (Wildman–Crippen LogP) is 2.34. The highest BCUT2D eigenvalue weighted by Crippen LogP contribution is 2.33. The van der Waals surface area contributed by atoms with E-state index in [0.717, 1.165) is 11.0 Å². The molecule has 0 bridgehead atoms. The van der Waals surface area contributed by atoms with E-state index in [1.807, 2.05) is 5.32 Å². The Labute approximate surface area is 177 Å². The summed E-state index contributed by atoms with van der Waals surface area (Å²) in [5.41, 5.74) is -0.916. The molecule has 10 heteroatoms. The van der Waals surface area contributed by atoms with Crippen LogP contribution in [0.15, 0.2) is 48.5 Å². The van der Waals surface area contributed by atoms with Crippen LogP contribution < -0.4 is 20.7 Å². The topological polar surface area (TPSA) is 117 Å². The molecule has 2 aromatic carbocycles. The van der Waals surface area contributed by atoms with Gasteiger partial charge in [0.15, 0.2) is 0 Å². The molecule has 1 aliphatic heterocycles. The highest BCUT2D eigenvalue weighted by atomic mass is 19.1. The third kappa shape index (κ3) is 4.32. The van der Waals surface area contributed by atoms with E-state index in [1.54, 1.807) is 31.2 Å². The Bertz CT molecular complexity index is 1030. The SMILES string of the molecule is CCC1(c2ccc(OC)cc2)NC(=O)N(CC(=O)NC(=O)Nc2ccccc2F)C1=O. The first kappa shape index (κ1) is 21.8. The van der Waals surface area contributed by atoms with Gasteiger partial charge >= 0.3 is 12.1 Å². The third-order valence-corrected chi connectivity index (χ3v) is 4.97. The zero-order valence-corrected chi connectivity index (χ0v) is 16.9. The Hall–Kier alpha value is -3.95. The maximum atomic E-state index is 13.6. The summed E-state index contributed by atoms with van der Waals surface area (Å²) in [4.78, 5) is 50.4. The van der Waals surface area contributed by atoms with Gasteiger partial charge in [-0.25, -0.2) is 14.0 Å². The lowest BCUT2D eigenvalue weighted by Gasteiger charge is -2.25. The molecular formula is C21H21FN4O5. The van der Waals surface area contributed by atoms with Gasteiger partial charge in [0, 0.05) is 0 Å². The van der Waals surface area contributed by atoms with Crippen LogP contribution in [0.5, 0.6) is 5.75 Å². The second kappa shape index (κ2) is 8.82. The lowest BCUT2D eigenvalue weighted by Crippen LogP contribution is -2.46. The van der Waals surface area contributed by atoms with E-state index < -0.39 is 41.8 Å². The van der Waals surface area contributed by atoms with Gasteiger partial charge in [-0.1, -0.05) is 31.2 Å². The van der Waals surface area contributed by atoms with Crippen molar-refractivity contribution in [3.63, 3.8) is 0 Å². The van der Waals surface area contributed by atoms with Crippen molar-refractivity contribution in [2.24, 2.45) is 0 Å². The van der Waals surface area contributed by atoms with Gasteiger partial charge in [-0.05, 0) is 36.2 Å². The molecule has 1 heterocycles. The van der Waals surface area contributed by atoms with E-state index in [1.165, 1.54) is 25.3 Å². The Kier molecular flexibility index (Phi) is 6.19. The van der Waals surface area contributed by atoms with Crippen LogP contribution in [-0.2, 0) is 15.1 Å². The average Bonchev–Trinajstić information content (AvgIpc) is 3.00. The molecular weight excluding hydrogens is 407 g/mol. The summed E-state index contributed by atoms with van der Waals surface area (Å²) in [6.45, 7) is 1.06. The highest BCUT2D eigenvalue weighted by molar-refractivity contribution is 6.11. The molecule has 0 aliphatic carbocycles. The summed E-state index contributed by atoms with van der Waals surface area (Å²) in [5, 5.41) is 6.81. The molecule has 0 aromatic heterocycles. The lowest BCUT2D eigenvalue weighted by molar-refractivity contribution is -0.135. The van der Waals surface area contributed by atoms with Gasteiger partial charge in [-0.2, -0.15) is 0 Å². The van der Waals surface area contributed by atoms with E-state index in [-0.39, 0.29) is 12.1 Å². The van der Waals surface area contributed by atoms with Gasteiger partial charge in [0.05, 0.1) is 12.8 Å². The Morgan fingerprint density at radius 2 is 1.81 bits per heavy atom. The van der Waals surface area contributed by atoms with Crippen LogP contribution in [0.1, 0.15) is 18.9 Å². The van der Waals surface area contributed by atoms with Crippen molar-refractivity contribution < 1.29 is 28.3 Å². The van der Waals surface area contributed by atoms with Crippen LogP contribution in [0.25, 0.3) is 0 Å². The van der Waals surface area contributed by atoms with Crippen molar-refractivity contribution in [3.05, 3.63) is 59.9 Å². The van der Waals surface area contributed by atoms with Crippen molar-refractivity contribution in [2.45, 2.75) is 18.9 Å². The van der Waals surface area contributed by atoms with Crippen LogP contribution >= 0.6 is 0 Å². The minimum Gasteiger partial charge on any atom is -0.497 e. The minimum absolute atomic E-state index is 0.118. The number of halogens is 1. The van der Waals surface area contributed by atoms with E-state index in [4.69, 9.17) is 4.74 Å². The fourth-order valence-electron chi connectivity index (χ4n) is 3.31. The van der Waals surface area contributed by atoms with Crippen LogP contribution in [0, 0.1) is 5.82 Å². The quantitative estimate of drug-likeness (QED) is 0.611. The van der Waals surface area contributed by atoms with Crippen LogP contribution in [-0.4, -0.2) is 42.4 Å². The number of para-hydroxylation sites is 1. The first-order chi connectivity index (χ1) is 14.8. The molecule has 1 saturated heterocycles. The van der Waals surface area contributed by atoms with Crippen molar-refractivity contribution in [3.8, 4) is 5.75 Å². The number of carbonyl (C=O) groups excluding carboxylic acids is 4. The number of benzene rings is 2. The Balaban J connectivity index is 1.69. The first-order valence-electron chi connectivity index (χ1n) is 9.44. The predicted molar refractivity (Wildman–Crippen MR) is 109 cm³/mol. The van der Waals surface area contributed by atoms with E-state index in [2.05, 4.69) is 10.6 Å². The largest absolute Gasteiger partial charge is 0.497 e. The maximum Gasteiger partial charge on any atom is 0.326 e. The van der Waals surface area contributed by atoms with E-state index in [9.17, 15) is 23.6 Å². The van der Waals surface area contributed by atoms with Crippen LogP contribution in [0.3, 0.4) is 0 Å². The number of anilines is 1. The standard InChI is InChI=1S/C21H21FN4O5/c1-3-21(13-8-10-14(31-2)11-9-13)18(28)26(20(30)25-21)12-17(27)24-19(29)23-16-7-5-4-6-15(16)22/h4-11H,3,12H2,1-2H3,(H,25,30)(H2,23,24,27,29). The fourth-order valence-corrected chi connectivity index (χ4v) is 3.31. The molecule has 1 atom stereocenters. The normalized spacial score (nSPS) is 17.8. The summed E-state index contributed by atoms with van der Waals surface area (Å²) in [6, 6.07) is 10.3. The van der Waals surface area contributed by atoms with Gasteiger partial charge in [0.2, 0.25) is 5.91 Å². The molecule has 1 fully saturated rings. The number of hydrogen-bond acceptors (Lipinski definition) is 5. The minimum atomic E-state index is -1.33. The third-order valence-electron chi connectivity index (χ3n) is 4.97. The number of ether oxygens (including phenoxy) is 1. The molecule has 0 radical (unpaired) electrons. The summed E-state index contributed by atoms with van der Waals surface area (Å²) < 4.78 is 18.7. The monoisotopic (exact) mass is 428 g/mol. The molecule has 162 valence electrons. The molecule has 2 aromatic rings. The second-order valence-electron chi connectivity index (χ2n) is 6.79. The second-order valence-corrected chi connectivity index (χ2v) is 6.79. The maximum absolute atomic E-state index is 13.6. The smallest absolute Gasteiger partial charge is 0.326 e. The molecule has 9 nitrogen and oxygen atoms in total. The number of hydrogen-bond donors (Lipinski definition) is 3. The van der Waals surface area contributed by atoms with Crippen molar-refractivity contribution >= 4 is 29.6 Å². The summed E-state index contributed by atoms with van der Waals surface area (Å²) in [5.74, 6) is -1.61. The van der Waals surface area contributed by atoms with Gasteiger partial charge in [0.25, 0.3) is 5.91 Å². The van der Waals surface area contributed by atoms with Crippen LogP contribution in [0.2, 0.25) is 0 Å².